The summed E-state index contributed by atoms with van der Waals surface area (Å²) in [4.78, 5) is 15.1. The monoisotopic (exact) mass is 341 g/mol. The Hall–Kier alpha value is -2.18. The lowest BCUT2D eigenvalue weighted by Crippen LogP contribution is -2.43. The SMILES string of the molecule is CNC(C(=O)NC1CC(C)N(Cc2ccccc2)C1)c1cnn(C)c1. The molecule has 134 valence electrons. The van der Waals surface area contributed by atoms with Crippen molar-refractivity contribution in [2.24, 2.45) is 7.05 Å². The summed E-state index contributed by atoms with van der Waals surface area (Å²) in [6.45, 7) is 4.03. The van der Waals surface area contributed by atoms with E-state index in [0.717, 1.165) is 25.1 Å². The Morgan fingerprint density at radius 2 is 2.12 bits per heavy atom. The zero-order chi connectivity index (χ0) is 17.8. The molecular formula is C19H27N5O. The van der Waals surface area contributed by atoms with Crippen LogP contribution >= 0.6 is 0 Å². The molecular weight excluding hydrogens is 314 g/mol. The molecule has 1 fully saturated rings. The lowest BCUT2D eigenvalue weighted by Gasteiger charge is -2.21. The molecule has 25 heavy (non-hydrogen) atoms. The minimum absolute atomic E-state index is 0.00858. The maximum absolute atomic E-state index is 12.7. The third kappa shape index (κ3) is 4.27. The van der Waals surface area contributed by atoms with Gasteiger partial charge in [0.25, 0.3) is 0 Å². The zero-order valence-corrected chi connectivity index (χ0v) is 15.1. The van der Waals surface area contributed by atoms with Gasteiger partial charge in [0.05, 0.1) is 6.20 Å². The molecule has 2 aromatic rings. The summed E-state index contributed by atoms with van der Waals surface area (Å²) in [6, 6.07) is 10.7. The van der Waals surface area contributed by atoms with Crippen LogP contribution in [0.15, 0.2) is 42.7 Å². The number of nitrogens with zero attached hydrogens (tertiary/aromatic N) is 3. The molecule has 2 heterocycles. The van der Waals surface area contributed by atoms with E-state index in [2.05, 4.69) is 51.8 Å². The van der Waals surface area contributed by atoms with Crippen LogP contribution < -0.4 is 10.6 Å². The molecule has 0 bridgehead atoms. The largest absolute Gasteiger partial charge is 0.350 e. The van der Waals surface area contributed by atoms with Gasteiger partial charge in [0.2, 0.25) is 5.91 Å². The number of rotatable bonds is 6. The van der Waals surface area contributed by atoms with Gasteiger partial charge in [-0.25, -0.2) is 0 Å². The van der Waals surface area contributed by atoms with Crippen molar-refractivity contribution in [3.63, 3.8) is 0 Å². The fourth-order valence-corrected chi connectivity index (χ4v) is 3.56. The van der Waals surface area contributed by atoms with Crippen LogP contribution in [0.4, 0.5) is 0 Å². The van der Waals surface area contributed by atoms with Crippen molar-refractivity contribution in [2.75, 3.05) is 13.6 Å². The first-order valence-electron chi connectivity index (χ1n) is 8.81. The van der Waals surface area contributed by atoms with Crippen molar-refractivity contribution in [3.8, 4) is 0 Å². The molecule has 1 aliphatic rings. The van der Waals surface area contributed by atoms with E-state index in [1.165, 1.54) is 5.56 Å². The summed E-state index contributed by atoms with van der Waals surface area (Å²) in [5.41, 5.74) is 2.19. The Kier molecular flexibility index (Phi) is 5.50. The fourth-order valence-electron chi connectivity index (χ4n) is 3.56. The first-order valence-corrected chi connectivity index (χ1v) is 8.81. The van der Waals surface area contributed by atoms with E-state index in [9.17, 15) is 4.79 Å². The van der Waals surface area contributed by atoms with E-state index in [1.807, 2.05) is 19.3 Å². The number of aryl methyl sites for hydroxylation is 1. The van der Waals surface area contributed by atoms with Crippen LogP contribution in [0.2, 0.25) is 0 Å². The number of hydrogen-bond acceptors (Lipinski definition) is 4. The van der Waals surface area contributed by atoms with Gasteiger partial charge in [-0.1, -0.05) is 30.3 Å². The molecule has 0 saturated carbocycles. The van der Waals surface area contributed by atoms with Crippen molar-refractivity contribution in [3.05, 3.63) is 53.9 Å². The summed E-state index contributed by atoms with van der Waals surface area (Å²) in [6.07, 6.45) is 4.58. The molecule has 6 nitrogen and oxygen atoms in total. The molecule has 0 aliphatic carbocycles. The Balaban J connectivity index is 1.58. The summed E-state index contributed by atoms with van der Waals surface area (Å²) in [5, 5.41) is 10.5. The van der Waals surface area contributed by atoms with Crippen LogP contribution in [-0.2, 0) is 18.4 Å². The maximum Gasteiger partial charge on any atom is 0.242 e. The second-order valence-electron chi connectivity index (χ2n) is 6.87. The zero-order valence-electron chi connectivity index (χ0n) is 15.1. The van der Waals surface area contributed by atoms with E-state index in [1.54, 1.807) is 17.9 Å². The van der Waals surface area contributed by atoms with E-state index >= 15 is 0 Å². The average molecular weight is 341 g/mol. The molecule has 0 radical (unpaired) electrons. The lowest BCUT2D eigenvalue weighted by molar-refractivity contribution is -0.123. The van der Waals surface area contributed by atoms with E-state index in [-0.39, 0.29) is 18.0 Å². The van der Waals surface area contributed by atoms with Crippen LogP contribution in [0.1, 0.15) is 30.5 Å². The second kappa shape index (κ2) is 7.80. The summed E-state index contributed by atoms with van der Waals surface area (Å²) >= 11 is 0. The van der Waals surface area contributed by atoms with Crippen LogP contribution in [-0.4, -0.2) is 46.3 Å². The number of hydrogen-bond donors (Lipinski definition) is 2. The molecule has 3 rings (SSSR count). The van der Waals surface area contributed by atoms with Gasteiger partial charge in [0, 0.05) is 44.0 Å². The van der Waals surface area contributed by atoms with Crippen LogP contribution in [0.5, 0.6) is 0 Å². The molecule has 6 heteroatoms. The highest BCUT2D eigenvalue weighted by Gasteiger charge is 2.31. The Bertz CT molecular complexity index is 699. The number of aromatic nitrogens is 2. The third-order valence-electron chi connectivity index (χ3n) is 4.89. The van der Waals surface area contributed by atoms with Gasteiger partial charge in [-0.05, 0) is 26.0 Å². The highest BCUT2D eigenvalue weighted by molar-refractivity contribution is 5.83. The fraction of sp³-hybridized carbons (Fsp3) is 0.474. The summed E-state index contributed by atoms with van der Waals surface area (Å²) in [5.74, 6) is 0.00858. The molecule has 1 aromatic heterocycles. The molecule has 1 aromatic carbocycles. The minimum atomic E-state index is -0.368. The van der Waals surface area contributed by atoms with Gasteiger partial charge in [-0.3, -0.25) is 14.4 Å². The van der Waals surface area contributed by atoms with Gasteiger partial charge < -0.3 is 10.6 Å². The highest BCUT2D eigenvalue weighted by atomic mass is 16.2. The van der Waals surface area contributed by atoms with Crippen molar-refractivity contribution >= 4 is 5.91 Å². The molecule has 3 atom stereocenters. The average Bonchev–Trinajstić information content (AvgIpc) is 3.15. The Labute approximate surface area is 149 Å². The number of carbonyl (C=O) groups excluding carboxylic acids is 1. The number of benzene rings is 1. The predicted octanol–water partition coefficient (Wildman–Crippen LogP) is 1.46. The van der Waals surface area contributed by atoms with Gasteiger partial charge in [-0.15, -0.1) is 0 Å². The van der Waals surface area contributed by atoms with Crippen molar-refractivity contribution in [2.45, 2.75) is 38.0 Å². The predicted molar refractivity (Wildman–Crippen MR) is 97.9 cm³/mol. The quantitative estimate of drug-likeness (QED) is 0.835. The van der Waals surface area contributed by atoms with Crippen LogP contribution in [0, 0.1) is 0 Å². The number of nitrogens with one attached hydrogen (secondary N) is 2. The number of likely N-dealkylation sites (N-methyl/N-ethyl adjacent to an activating group) is 1. The summed E-state index contributed by atoms with van der Waals surface area (Å²) < 4.78 is 1.71. The summed E-state index contributed by atoms with van der Waals surface area (Å²) in [7, 11) is 3.66. The second-order valence-corrected chi connectivity index (χ2v) is 6.87. The normalized spacial score (nSPS) is 22.0. The van der Waals surface area contributed by atoms with Crippen molar-refractivity contribution in [1.82, 2.24) is 25.3 Å². The lowest BCUT2D eigenvalue weighted by atomic mass is 10.1. The molecule has 0 spiro atoms. The molecule has 1 amide bonds. The van der Waals surface area contributed by atoms with Crippen LogP contribution in [0.25, 0.3) is 0 Å². The van der Waals surface area contributed by atoms with E-state index in [0.29, 0.717) is 6.04 Å². The van der Waals surface area contributed by atoms with Crippen molar-refractivity contribution < 1.29 is 4.79 Å². The third-order valence-corrected chi connectivity index (χ3v) is 4.89. The first-order chi connectivity index (χ1) is 12.1. The Morgan fingerprint density at radius 3 is 2.76 bits per heavy atom. The van der Waals surface area contributed by atoms with E-state index < -0.39 is 0 Å². The van der Waals surface area contributed by atoms with Crippen molar-refractivity contribution in [1.29, 1.82) is 0 Å². The standard InChI is InChI=1S/C19H27N5O/c1-14-9-17(13-24(14)11-15-7-5-4-6-8-15)22-19(25)18(20-2)16-10-21-23(3)12-16/h4-8,10,12,14,17-18,20H,9,11,13H2,1-3H3,(H,22,25). The Morgan fingerprint density at radius 1 is 1.36 bits per heavy atom. The van der Waals surface area contributed by atoms with Gasteiger partial charge in [0.15, 0.2) is 0 Å². The molecule has 1 saturated heterocycles. The smallest absolute Gasteiger partial charge is 0.242 e. The number of amides is 1. The number of carbonyl (C=O) groups is 1. The van der Waals surface area contributed by atoms with Gasteiger partial charge in [-0.2, -0.15) is 5.10 Å². The maximum atomic E-state index is 12.7. The minimum Gasteiger partial charge on any atom is -0.350 e. The van der Waals surface area contributed by atoms with E-state index in [4.69, 9.17) is 0 Å². The van der Waals surface area contributed by atoms with Gasteiger partial charge in [0.1, 0.15) is 6.04 Å². The topological polar surface area (TPSA) is 62.2 Å². The first kappa shape index (κ1) is 17.6. The number of likely N-dealkylation sites (tertiary alicyclic amines) is 1. The highest BCUT2D eigenvalue weighted by Crippen LogP contribution is 2.21. The molecule has 2 N–H and O–H groups in total. The van der Waals surface area contributed by atoms with Gasteiger partial charge >= 0.3 is 0 Å². The molecule has 3 unspecified atom stereocenters. The molecule has 1 aliphatic heterocycles. The van der Waals surface area contributed by atoms with Crippen LogP contribution in [0.3, 0.4) is 0 Å².